The lowest BCUT2D eigenvalue weighted by atomic mass is 10.1. The number of hydrogen-bond donors (Lipinski definition) is 1. The average molecular weight is 262 g/mol. The number of nitriles is 1. The number of carbonyl (C=O) groups is 1. The molecule has 1 heterocycles. The fraction of sp³-hybridized carbons (Fsp3) is 0.615. The normalized spacial score (nSPS) is 15.8. The number of rotatable bonds is 5. The molecule has 1 aromatic heterocycles. The van der Waals surface area contributed by atoms with Crippen molar-refractivity contribution >= 4 is 11.7 Å². The highest BCUT2D eigenvalue weighted by Gasteiger charge is 2.44. The van der Waals surface area contributed by atoms with Gasteiger partial charge in [0.25, 0.3) is 0 Å². The quantitative estimate of drug-likeness (QED) is 0.814. The first-order chi connectivity index (χ1) is 9.03. The fourth-order valence-corrected chi connectivity index (χ4v) is 2.04. The van der Waals surface area contributed by atoms with Crippen LogP contribution in [0.2, 0.25) is 0 Å². The third-order valence-electron chi connectivity index (χ3n) is 3.59. The number of carbonyl (C=O) groups excluding carboxylic acids is 1. The van der Waals surface area contributed by atoms with Gasteiger partial charge in [-0.1, -0.05) is 0 Å². The van der Waals surface area contributed by atoms with Gasteiger partial charge in [0.2, 0.25) is 0 Å². The molecule has 0 saturated heterocycles. The van der Waals surface area contributed by atoms with Crippen LogP contribution >= 0.6 is 0 Å². The molecule has 1 fully saturated rings. The number of hydrogen-bond acceptors (Lipinski definition) is 5. The summed E-state index contributed by atoms with van der Waals surface area (Å²) in [7, 11) is 0. The van der Waals surface area contributed by atoms with Crippen molar-refractivity contribution < 1.29 is 9.53 Å². The van der Waals surface area contributed by atoms with Gasteiger partial charge in [0.1, 0.15) is 0 Å². The first-order valence-corrected chi connectivity index (χ1v) is 6.40. The summed E-state index contributed by atoms with van der Waals surface area (Å²) in [5, 5.41) is 12.9. The summed E-state index contributed by atoms with van der Waals surface area (Å²) in [6, 6.07) is 2.14. The van der Waals surface area contributed by atoms with Crippen molar-refractivity contribution in [3.05, 3.63) is 11.4 Å². The van der Waals surface area contributed by atoms with Crippen molar-refractivity contribution in [3.63, 3.8) is 0 Å². The highest BCUT2D eigenvalue weighted by molar-refractivity contribution is 5.93. The van der Waals surface area contributed by atoms with E-state index in [0.717, 1.165) is 12.8 Å². The molecular weight excluding hydrogens is 244 g/mol. The summed E-state index contributed by atoms with van der Waals surface area (Å²) in [6.07, 6.45) is 2.31. The Balaban J connectivity index is 2.07. The predicted octanol–water partition coefficient (Wildman–Crippen LogP) is 1.64. The number of nitrogen functional groups attached to an aromatic ring is 1. The molecule has 102 valence electrons. The molecule has 1 saturated carbocycles. The highest BCUT2D eigenvalue weighted by atomic mass is 16.5. The van der Waals surface area contributed by atoms with Gasteiger partial charge in [0.05, 0.1) is 24.1 Å². The second kappa shape index (κ2) is 4.92. The van der Waals surface area contributed by atoms with Crippen molar-refractivity contribution in [2.24, 2.45) is 5.41 Å². The van der Waals surface area contributed by atoms with Crippen LogP contribution in [-0.2, 0) is 11.3 Å². The van der Waals surface area contributed by atoms with Crippen LogP contribution in [0.3, 0.4) is 0 Å². The number of ether oxygens (including phenoxy) is 1. The molecule has 0 radical (unpaired) electrons. The first-order valence-electron chi connectivity index (χ1n) is 6.40. The molecule has 2 N–H and O–H groups in total. The summed E-state index contributed by atoms with van der Waals surface area (Å²) in [4.78, 5) is 12.1. The van der Waals surface area contributed by atoms with Crippen LogP contribution in [0.4, 0.5) is 5.69 Å². The molecule has 0 spiro atoms. The molecule has 0 unspecified atom stereocenters. The van der Waals surface area contributed by atoms with Crippen molar-refractivity contribution in [3.8, 4) is 6.07 Å². The van der Waals surface area contributed by atoms with Crippen molar-refractivity contribution in [1.29, 1.82) is 5.26 Å². The molecule has 1 aliphatic carbocycles. The number of aryl methyl sites for hydroxylation is 2. The minimum absolute atomic E-state index is 0.120. The molecule has 6 nitrogen and oxygen atoms in total. The Morgan fingerprint density at radius 2 is 2.32 bits per heavy atom. The van der Waals surface area contributed by atoms with Gasteiger partial charge in [-0.2, -0.15) is 10.4 Å². The Morgan fingerprint density at radius 3 is 2.84 bits per heavy atom. The van der Waals surface area contributed by atoms with E-state index in [2.05, 4.69) is 11.2 Å². The lowest BCUT2D eigenvalue weighted by Crippen LogP contribution is -2.19. The van der Waals surface area contributed by atoms with E-state index in [4.69, 9.17) is 15.7 Å². The molecule has 0 bridgehead atoms. The van der Waals surface area contributed by atoms with Gasteiger partial charge in [-0.25, -0.2) is 4.79 Å². The van der Waals surface area contributed by atoms with Gasteiger partial charge >= 0.3 is 5.97 Å². The van der Waals surface area contributed by atoms with Crippen LogP contribution in [0.1, 0.15) is 42.4 Å². The van der Waals surface area contributed by atoms with E-state index in [1.54, 1.807) is 11.6 Å². The smallest absolute Gasteiger partial charge is 0.358 e. The minimum atomic E-state index is -0.454. The predicted molar refractivity (Wildman–Crippen MR) is 69.2 cm³/mol. The molecule has 2 rings (SSSR count). The Hall–Kier alpha value is -2.03. The standard InChI is InChI=1S/C13H18N4O2/c1-3-17-11(10(15)9(2)16-17)12(18)19-8-13(4-5-13)6-7-14/h3-6,8,15H2,1-2H3. The molecular formula is C13H18N4O2. The lowest BCUT2D eigenvalue weighted by Gasteiger charge is -2.12. The van der Waals surface area contributed by atoms with E-state index in [0.29, 0.717) is 30.0 Å². The Labute approximate surface area is 112 Å². The number of anilines is 1. The topological polar surface area (TPSA) is 93.9 Å². The van der Waals surface area contributed by atoms with E-state index < -0.39 is 5.97 Å². The zero-order chi connectivity index (χ0) is 14.0. The van der Waals surface area contributed by atoms with Gasteiger partial charge in [0.15, 0.2) is 5.69 Å². The van der Waals surface area contributed by atoms with E-state index in [9.17, 15) is 4.79 Å². The molecule has 19 heavy (non-hydrogen) atoms. The first kappa shape index (κ1) is 13.4. The summed E-state index contributed by atoms with van der Waals surface area (Å²) < 4.78 is 6.87. The van der Waals surface area contributed by atoms with Crippen LogP contribution in [0, 0.1) is 23.7 Å². The van der Waals surface area contributed by atoms with Crippen LogP contribution in [0.5, 0.6) is 0 Å². The van der Waals surface area contributed by atoms with Gasteiger partial charge in [-0.05, 0) is 26.7 Å². The molecule has 0 aliphatic heterocycles. The van der Waals surface area contributed by atoms with E-state index in [1.807, 2.05) is 6.92 Å². The average Bonchev–Trinajstić information content (AvgIpc) is 3.09. The zero-order valence-corrected chi connectivity index (χ0v) is 11.3. The van der Waals surface area contributed by atoms with Crippen LogP contribution in [0.15, 0.2) is 0 Å². The monoisotopic (exact) mass is 262 g/mol. The summed E-state index contributed by atoms with van der Waals surface area (Å²) in [5.74, 6) is -0.454. The van der Waals surface area contributed by atoms with Gasteiger partial charge < -0.3 is 10.5 Å². The van der Waals surface area contributed by atoms with Crippen LogP contribution < -0.4 is 5.73 Å². The summed E-state index contributed by atoms with van der Waals surface area (Å²) in [5.41, 5.74) is 7.05. The molecule has 1 aliphatic rings. The molecule has 0 amide bonds. The molecule has 1 aromatic rings. The maximum Gasteiger partial charge on any atom is 0.358 e. The highest BCUT2D eigenvalue weighted by Crippen LogP contribution is 2.48. The SMILES string of the molecule is CCn1nc(C)c(N)c1C(=O)OCC1(CC#N)CC1. The van der Waals surface area contributed by atoms with E-state index in [1.165, 1.54) is 0 Å². The number of aromatic nitrogens is 2. The number of nitrogens with two attached hydrogens (primary N) is 1. The van der Waals surface area contributed by atoms with Crippen molar-refractivity contribution in [2.45, 2.75) is 39.7 Å². The number of esters is 1. The van der Waals surface area contributed by atoms with Crippen LogP contribution in [-0.4, -0.2) is 22.4 Å². The Morgan fingerprint density at radius 1 is 1.63 bits per heavy atom. The second-order valence-electron chi connectivity index (χ2n) is 5.07. The largest absolute Gasteiger partial charge is 0.460 e. The summed E-state index contributed by atoms with van der Waals surface area (Å²) in [6.45, 7) is 4.50. The second-order valence-corrected chi connectivity index (χ2v) is 5.07. The van der Waals surface area contributed by atoms with Gasteiger partial charge in [-0.3, -0.25) is 4.68 Å². The molecule has 6 heteroatoms. The maximum atomic E-state index is 12.1. The van der Waals surface area contributed by atoms with Crippen molar-refractivity contribution in [2.75, 3.05) is 12.3 Å². The summed E-state index contributed by atoms with van der Waals surface area (Å²) >= 11 is 0. The maximum absolute atomic E-state index is 12.1. The van der Waals surface area contributed by atoms with Crippen LogP contribution in [0.25, 0.3) is 0 Å². The molecule has 0 atom stereocenters. The minimum Gasteiger partial charge on any atom is -0.460 e. The number of nitrogens with zero attached hydrogens (tertiary/aromatic N) is 3. The Kier molecular flexibility index (Phi) is 3.47. The Bertz CT molecular complexity index is 538. The lowest BCUT2D eigenvalue weighted by molar-refractivity contribution is 0.0406. The fourth-order valence-electron chi connectivity index (χ4n) is 2.04. The third-order valence-corrected chi connectivity index (χ3v) is 3.59. The van der Waals surface area contributed by atoms with E-state index in [-0.39, 0.29) is 12.0 Å². The third kappa shape index (κ3) is 2.55. The van der Waals surface area contributed by atoms with E-state index >= 15 is 0 Å². The van der Waals surface area contributed by atoms with Crippen molar-refractivity contribution in [1.82, 2.24) is 9.78 Å². The van der Waals surface area contributed by atoms with Gasteiger partial charge in [0, 0.05) is 18.4 Å². The zero-order valence-electron chi connectivity index (χ0n) is 11.3. The van der Waals surface area contributed by atoms with Gasteiger partial charge in [-0.15, -0.1) is 0 Å². The molecule has 0 aromatic carbocycles.